The first-order valence-electron chi connectivity index (χ1n) is 11.1. The van der Waals surface area contributed by atoms with Gasteiger partial charge in [0.1, 0.15) is 0 Å². The third kappa shape index (κ3) is 4.41. The molecule has 6 nitrogen and oxygen atoms in total. The normalized spacial score (nSPS) is 15.3. The minimum atomic E-state index is -0.992. The van der Waals surface area contributed by atoms with E-state index in [2.05, 4.69) is 26.7 Å². The third-order valence-electron chi connectivity index (χ3n) is 5.82. The molecule has 5 rings (SSSR count). The number of hydrogen-bond donors (Lipinski definition) is 3. The Bertz CT molecular complexity index is 1340. The molecule has 1 aliphatic rings. The molecule has 2 heterocycles. The van der Waals surface area contributed by atoms with Crippen LogP contribution in [0.4, 0.5) is 5.69 Å². The Kier molecular flexibility index (Phi) is 5.72. The number of benzene rings is 3. The molecular weight excluding hydrogens is 412 g/mol. The highest BCUT2D eigenvalue weighted by Gasteiger charge is 2.26. The number of amides is 2. The van der Waals surface area contributed by atoms with Crippen LogP contribution in [-0.2, 0) is 16.0 Å². The second-order valence-electron chi connectivity index (χ2n) is 8.06. The van der Waals surface area contributed by atoms with Gasteiger partial charge in [0.15, 0.2) is 0 Å². The molecule has 3 N–H and O–H groups in total. The second-order valence-corrected chi connectivity index (χ2v) is 8.06. The van der Waals surface area contributed by atoms with Gasteiger partial charge in [-0.1, -0.05) is 66.7 Å². The van der Waals surface area contributed by atoms with Crippen molar-refractivity contribution in [2.24, 2.45) is 4.99 Å². The number of hydrogen-bond acceptors (Lipinski definition) is 3. The van der Waals surface area contributed by atoms with Gasteiger partial charge in [0.05, 0.1) is 11.4 Å². The van der Waals surface area contributed by atoms with Gasteiger partial charge in [-0.3, -0.25) is 9.59 Å². The van der Waals surface area contributed by atoms with Crippen LogP contribution in [0, 0.1) is 0 Å². The molecule has 0 saturated carbocycles. The average molecular weight is 437 g/mol. The maximum absolute atomic E-state index is 12.9. The van der Waals surface area contributed by atoms with Crippen LogP contribution in [0.3, 0.4) is 0 Å². The Morgan fingerprint density at radius 2 is 1.70 bits per heavy atom. The van der Waals surface area contributed by atoms with Crippen LogP contribution in [-0.4, -0.2) is 28.7 Å². The maximum atomic E-state index is 12.9. The zero-order chi connectivity index (χ0) is 22.6. The first kappa shape index (κ1) is 20.7. The molecule has 2 amide bonds. The fraction of sp³-hybridized carbons (Fsp3) is 0.148. The highest BCUT2D eigenvalue weighted by atomic mass is 16.2. The lowest BCUT2D eigenvalue weighted by molar-refractivity contribution is -0.126. The van der Waals surface area contributed by atoms with Crippen LogP contribution in [0.1, 0.15) is 29.5 Å². The van der Waals surface area contributed by atoms with Crippen molar-refractivity contribution in [3.63, 3.8) is 0 Å². The van der Waals surface area contributed by atoms with Gasteiger partial charge < -0.3 is 15.6 Å². The molecule has 0 unspecified atom stereocenters. The number of carbonyl (C=O) groups excluding carboxylic acids is 2. The van der Waals surface area contributed by atoms with Gasteiger partial charge in [-0.15, -0.1) is 0 Å². The average Bonchev–Trinajstić information content (AvgIpc) is 3.19. The lowest BCUT2D eigenvalue weighted by Crippen LogP contribution is -2.42. The minimum Gasteiger partial charge on any atom is -0.361 e. The number of aromatic amines is 1. The quantitative estimate of drug-likeness (QED) is 0.418. The fourth-order valence-corrected chi connectivity index (χ4v) is 4.18. The molecule has 6 heteroatoms. The number of benzodiazepines with no additional fused rings is 1. The molecule has 4 aromatic rings. The van der Waals surface area contributed by atoms with E-state index in [1.165, 1.54) is 10.9 Å². The van der Waals surface area contributed by atoms with Gasteiger partial charge in [-0.05, 0) is 30.5 Å². The molecule has 0 radical (unpaired) electrons. The maximum Gasteiger partial charge on any atom is 0.269 e. The Morgan fingerprint density at radius 3 is 2.58 bits per heavy atom. The summed E-state index contributed by atoms with van der Waals surface area (Å²) in [5, 5.41) is 6.89. The van der Waals surface area contributed by atoms with Gasteiger partial charge in [0.2, 0.25) is 12.1 Å². The molecule has 0 saturated heterocycles. The summed E-state index contributed by atoms with van der Waals surface area (Å²) in [6.07, 6.45) is 2.77. The lowest BCUT2D eigenvalue weighted by Gasteiger charge is -2.13. The monoisotopic (exact) mass is 436 g/mol. The summed E-state index contributed by atoms with van der Waals surface area (Å²) in [4.78, 5) is 33.5. The zero-order valence-electron chi connectivity index (χ0n) is 18.0. The summed E-state index contributed by atoms with van der Waals surface area (Å²) in [6.45, 7) is 0. The molecule has 0 spiro atoms. The van der Waals surface area contributed by atoms with Crippen molar-refractivity contribution < 1.29 is 9.59 Å². The summed E-state index contributed by atoms with van der Waals surface area (Å²) >= 11 is 0. The van der Waals surface area contributed by atoms with Gasteiger partial charge in [-0.25, -0.2) is 4.99 Å². The molecule has 0 fully saturated rings. The van der Waals surface area contributed by atoms with Gasteiger partial charge in [-0.2, -0.15) is 0 Å². The first-order chi connectivity index (χ1) is 16.2. The second kappa shape index (κ2) is 9.12. The molecule has 0 aliphatic carbocycles. The van der Waals surface area contributed by atoms with E-state index in [0.717, 1.165) is 23.1 Å². The molecule has 1 aliphatic heterocycles. The number of H-pyrrole nitrogens is 1. The van der Waals surface area contributed by atoms with Crippen LogP contribution in [0.2, 0.25) is 0 Å². The SMILES string of the molecule is O=C(CCCc1c[nH]c2ccccc12)N[C@H]1N=C(c2ccccc2)c2ccccc2NC1=O. The number of para-hydroxylation sites is 2. The number of nitrogens with zero attached hydrogens (tertiary/aromatic N) is 1. The van der Waals surface area contributed by atoms with Crippen molar-refractivity contribution in [2.45, 2.75) is 25.4 Å². The number of fused-ring (bicyclic) bond motifs is 2. The Balaban J connectivity index is 1.31. The Labute approximate surface area is 191 Å². The summed E-state index contributed by atoms with van der Waals surface area (Å²) in [5.41, 5.74) is 5.35. The predicted molar refractivity (Wildman–Crippen MR) is 130 cm³/mol. The molecule has 3 aromatic carbocycles. The van der Waals surface area contributed by atoms with E-state index in [1.54, 1.807) is 0 Å². The minimum absolute atomic E-state index is 0.197. The van der Waals surface area contributed by atoms with E-state index in [-0.39, 0.29) is 11.8 Å². The Hall–Kier alpha value is -4.19. The van der Waals surface area contributed by atoms with E-state index in [4.69, 9.17) is 0 Å². The third-order valence-corrected chi connectivity index (χ3v) is 5.82. The molecule has 33 heavy (non-hydrogen) atoms. The lowest BCUT2D eigenvalue weighted by atomic mass is 10.0. The molecular formula is C27H24N4O2. The number of aromatic nitrogens is 1. The van der Waals surface area contributed by atoms with Gasteiger partial charge >= 0.3 is 0 Å². The van der Waals surface area contributed by atoms with E-state index in [9.17, 15) is 9.59 Å². The van der Waals surface area contributed by atoms with Crippen molar-refractivity contribution in [3.8, 4) is 0 Å². The van der Waals surface area contributed by atoms with Gasteiger partial charge in [0, 0.05) is 34.6 Å². The van der Waals surface area contributed by atoms with Crippen molar-refractivity contribution in [2.75, 3.05) is 5.32 Å². The van der Waals surface area contributed by atoms with Crippen LogP contribution in [0.5, 0.6) is 0 Å². The number of nitrogens with one attached hydrogen (secondary N) is 3. The highest BCUT2D eigenvalue weighted by molar-refractivity contribution is 6.19. The van der Waals surface area contributed by atoms with Crippen LogP contribution in [0.15, 0.2) is 90.1 Å². The fourth-order valence-electron chi connectivity index (χ4n) is 4.18. The van der Waals surface area contributed by atoms with E-state index < -0.39 is 6.17 Å². The molecule has 164 valence electrons. The van der Waals surface area contributed by atoms with Crippen LogP contribution in [0.25, 0.3) is 10.9 Å². The number of rotatable bonds is 6. The number of carbonyl (C=O) groups is 2. The zero-order valence-corrected chi connectivity index (χ0v) is 18.0. The highest BCUT2D eigenvalue weighted by Crippen LogP contribution is 2.24. The molecule has 1 atom stereocenters. The predicted octanol–water partition coefficient (Wildman–Crippen LogP) is 4.42. The van der Waals surface area contributed by atoms with Crippen molar-refractivity contribution in [1.82, 2.24) is 10.3 Å². The first-order valence-corrected chi connectivity index (χ1v) is 11.1. The standard InChI is InChI=1S/C27H24N4O2/c32-24(16-8-11-19-17-28-22-14-6-4-12-20(19)22)30-26-27(33)29-23-15-7-5-13-21(23)25(31-26)18-9-2-1-3-10-18/h1-7,9-10,12-15,17,26,28H,8,11,16H2,(H,29,33)(H,30,32)/t26-/m0/s1. The number of aliphatic imine (C=N–C) groups is 1. The smallest absolute Gasteiger partial charge is 0.269 e. The summed E-state index contributed by atoms with van der Waals surface area (Å²) in [5.74, 6) is -0.546. The van der Waals surface area contributed by atoms with Crippen molar-refractivity contribution in [1.29, 1.82) is 0 Å². The van der Waals surface area contributed by atoms with Crippen molar-refractivity contribution in [3.05, 3.63) is 102 Å². The van der Waals surface area contributed by atoms with Crippen LogP contribution >= 0.6 is 0 Å². The molecule has 0 bridgehead atoms. The summed E-state index contributed by atoms with van der Waals surface area (Å²) in [6, 6.07) is 25.4. The topological polar surface area (TPSA) is 86.3 Å². The molecule has 1 aromatic heterocycles. The van der Waals surface area contributed by atoms with Crippen LogP contribution < -0.4 is 10.6 Å². The summed E-state index contributed by atoms with van der Waals surface area (Å²) in [7, 11) is 0. The Morgan fingerprint density at radius 1 is 0.939 bits per heavy atom. The largest absolute Gasteiger partial charge is 0.361 e. The number of aryl methyl sites for hydroxylation is 1. The van der Waals surface area contributed by atoms with Gasteiger partial charge in [0.25, 0.3) is 5.91 Å². The van der Waals surface area contributed by atoms with E-state index in [1.807, 2.05) is 79.0 Å². The summed E-state index contributed by atoms with van der Waals surface area (Å²) < 4.78 is 0. The van der Waals surface area contributed by atoms with E-state index >= 15 is 0 Å². The number of anilines is 1. The van der Waals surface area contributed by atoms with Crippen molar-refractivity contribution >= 4 is 34.1 Å². The van der Waals surface area contributed by atoms with E-state index in [0.29, 0.717) is 24.2 Å².